The molecule has 2 aromatic rings. The zero-order valence-electron chi connectivity index (χ0n) is 10.6. The van der Waals surface area contributed by atoms with E-state index in [1.54, 1.807) is 0 Å². The molecule has 0 aromatic heterocycles. The van der Waals surface area contributed by atoms with Crippen LogP contribution in [0, 0.1) is 6.92 Å². The fraction of sp³-hybridized carbons (Fsp3) is 0.250. The first-order valence-corrected chi connectivity index (χ1v) is 6.42. The zero-order valence-corrected chi connectivity index (χ0v) is 10.6. The lowest BCUT2D eigenvalue weighted by Crippen LogP contribution is -2.24. The van der Waals surface area contributed by atoms with Crippen LogP contribution in [0.1, 0.15) is 22.6 Å². The van der Waals surface area contributed by atoms with Crippen LogP contribution >= 0.6 is 0 Å². The minimum absolute atomic E-state index is 0.652. The van der Waals surface area contributed by atoms with Crippen LogP contribution in [-0.4, -0.2) is 6.54 Å². The maximum Gasteiger partial charge on any atom is 0.0345 e. The van der Waals surface area contributed by atoms with Crippen LogP contribution in [0.4, 0.5) is 11.4 Å². The summed E-state index contributed by atoms with van der Waals surface area (Å²) in [6.45, 7) is 3.04. The Morgan fingerprint density at radius 3 is 2.83 bits per heavy atom. The number of aryl methyl sites for hydroxylation is 1. The topological polar surface area (TPSA) is 38.0 Å². The molecule has 1 unspecified atom stereocenters. The van der Waals surface area contributed by atoms with Crippen LogP contribution in [0.15, 0.2) is 42.5 Å². The minimum Gasteiger partial charge on any atom is -0.399 e. The minimum atomic E-state index is 0.652. The molecule has 1 atom stereocenters. The van der Waals surface area contributed by atoms with Crippen molar-refractivity contribution >= 4 is 11.4 Å². The van der Waals surface area contributed by atoms with Crippen LogP contribution < -0.4 is 11.1 Å². The van der Waals surface area contributed by atoms with Crippen LogP contribution in [0.2, 0.25) is 0 Å². The van der Waals surface area contributed by atoms with E-state index < -0.39 is 0 Å². The number of benzene rings is 2. The van der Waals surface area contributed by atoms with Crippen LogP contribution in [0.25, 0.3) is 0 Å². The van der Waals surface area contributed by atoms with Crippen molar-refractivity contribution in [3.05, 3.63) is 59.2 Å². The first-order chi connectivity index (χ1) is 8.74. The van der Waals surface area contributed by atoms with Crippen molar-refractivity contribution in [1.82, 2.24) is 0 Å². The average molecular weight is 238 g/mol. The third-order valence-electron chi connectivity index (χ3n) is 3.78. The molecule has 92 valence electrons. The summed E-state index contributed by atoms with van der Waals surface area (Å²) in [4.78, 5) is 0. The molecule has 3 rings (SSSR count). The highest BCUT2D eigenvalue weighted by Crippen LogP contribution is 2.34. The second-order valence-corrected chi connectivity index (χ2v) is 5.05. The molecule has 0 heterocycles. The summed E-state index contributed by atoms with van der Waals surface area (Å²) in [6.07, 6.45) is 1.19. The Kier molecular flexibility index (Phi) is 2.71. The molecular formula is C16H18N2. The molecule has 0 radical (unpaired) electrons. The van der Waals surface area contributed by atoms with Gasteiger partial charge in [0, 0.05) is 23.8 Å². The zero-order chi connectivity index (χ0) is 12.5. The predicted molar refractivity (Wildman–Crippen MR) is 77.0 cm³/mol. The number of anilines is 2. The molecular weight excluding hydrogens is 220 g/mol. The Balaban J connectivity index is 1.65. The Morgan fingerprint density at radius 1 is 1.22 bits per heavy atom. The van der Waals surface area contributed by atoms with Crippen molar-refractivity contribution in [3.8, 4) is 0 Å². The van der Waals surface area contributed by atoms with E-state index in [2.05, 4.69) is 35.6 Å². The lowest BCUT2D eigenvalue weighted by molar-refractivity contribution is 0.636. The standard InChI is InChI=1S/C16H18N2/c1-11-8-14(6-7-16(11)17)18-10-13-9-12-4-2-3-5-15(12)13/h2-8,13,18H,9-10,17H2,1H3. The van der Waals surface area contributed by atoms with Gasteiger partial charge in [-0.15, -0.1) is 0 Å². The predicted octanol–water partition coefficient (Wildman–Crippen LogP) is 3.33. The van der Waals surface area contributed by atoms with Gasteiger partial charge in [0.15, 0.2) is 0 Å². The number of fused-ring (bicyclic) bond motifs is 1. The molecule has 2 heteroatoms. The van der Waals surface area contributed by atoms with Gasteiger partial charge < -0.3 is 11.1 Å². The summed E-state index contributed by atoms with van der Waals surface area (Å²) < 4.78 is 0. The highest BCUT2D eigenvalue weighted by Gasteiger charge is 2.24. The molecule has 1 aliphatic carbocycles. The molecule has 0 saturated carbocycles. The van der Waals surface area contributed by atoms with E-state index in [0.29, 0.717) is 5.92 Å². The Bertz CT molecular complexity index is 575. The Labute approximate surface area is 108 Å². The summed E-state index contributed by atoms with van der Waals surface area (Å²) in [5.41, 5.74) is 12.0. The van der Waals surface area contributed by atoms with Gasteiger partial charge in [-0.05, 0) is 48.2 Å². The van der Waals surface area contributed by atoms with Gasteiger partial charge >= 0.3 is 0 Å². The quantitative estimate of drug-likeness (QED) is 0.805. The van der Waals surface area contributed by atoms with Crippen molar-refractivity contribution in [2.75, 3.05) is 17.6 Å². The van der Waals surface area contributed by atoms with Gasteiger partial charge in [0.25, 0.3) is 0 Å². The molecule has 0 aliphatic heterocycles. The normalized spacial score (nSPS) is 16.8. The van der Waals surface area contributed by atoms with Crippen molar-refractivity contribution in [2.24, 2.45) is 0 Å². The summed E-state index contributed by atoms with van der Waals surface area (Å²) in [5.74, 6) is 0.652. The van der Waals surface area contributed by atoms with Crippen molar-refractivity contribution in [2.45, 2.75) is 19.3 Å². The number of hydrogen-bond acceptors (Lipinski definition) is 2. The monoisotopic (exact) mass is 238 g/mol. The Morgan fingerprint density at radius 2 is 2.06 bits per heavy atom. The third kappa shape index (κ3) is 1.94. The number of hydrogen-bond donors (Lipinski definition) is 2. The van der Waals surface area contributed by atoms with E-state index in [4.69, 9.17) is 5.73 Å². The molecule has 1 aliphatic rings. The van der Waals surface area contributed by atoms with Crippen LogP contribution in [0.3, 0.4) is 0 Å². The lowest BCUT2D eigenvalue weighted by Gasteiger charge is -2.30. The second kappa shape index (κ2) is 4.37. The van der Waals surface area contributed by atoms with E-state index in [9.17, 15) is 0 Å². The molecule has 0 fully saturated rings. The first kappa shape index (κ1) is 11.1. The fourth-order valence-corrected chi connectivity index (χ4v) is 2.57. The van der Waals surface area contributed by atoms with Crippen molar-refractivity contribution < 1.29 is 0 Å². The second-order valence-electron chi connectivity index (χ2n) is 5.05. The highest BCUT2D eigenvalue weighted by atomic mass is 14.9. The molecule has 0 saturated heterocycles. The maximum atomic E-state index is 5.82. The molecule has 18 heavy (non-hydrogen) atoms. The molecule has 0 spiro atoms. The average Bonchev–Trinajstić information content (AvgIpc) is 2.35. The van der Waals surface area contributed by atoms with Gasteiger partial charge in [-0.25, -0.2) is 0 Å². The first-order valence-electron chi connectivity index (χ1n) is 6.42. The van der Waals surface area contributed by atoms with Crippen molar-refractivity contribution in [1.29, 1.82) is 0 Å². The van der Waals surface area contributed by atoms with Gasteiger partial charge in [-0.3, -0.25) is 0 Å². The number of nitrogens with two attached hydrogens (primary N) is 1. The van der Waals surface area contributed by atoms with Crippen LogP contribution in [0.5, 0.6) is 0 Å². The fourth-order valence-electron chi connectivity index (χ4n) is 2.57. The number of nitrogens with one attached hydrogen (secondary N) is 1. The third-order valence-corrected chi connectivity index (χ3v) is 3.78. The SMILES string of the molecule is Cc1cc(NCC2Cc3ccccc32)ccc1N. The smallest absolute Gasteiger partial charge is 0.0345 e. The number of nitrogen functional groups attached to an aromatic ring is 1. The van der Waals surface area contributed by atoms with E-state index >= 15 is 0 Å². The van der Waals surface area contributed by atoms with E-state index in [0.717, 1.165) is 23.5 Å². The van der Waals surface area contributed by atoms with Gasteiger partial charge in [0.2, 0.25) is 0 Å². The largest absolute Gasteiger partial charge is 0.399 e. The van der Waals surface area contributed by atoms with Gasteiger partial charge in [-0.2, -0.15) is 0 Å². The molecule has 3 N–H and O–H groups in total. The van der Waals surface area contributed by atoms with Crippen LogP contribution in [-0.2, 0) is 6.42 Å². The number of rotatable bonds is 3. The summed E-state index contributed by atoms with van der Waals surface area (Å²) in [5, 5.41) is 3.50. The molecule has 0 bridgehead atoms. The Hall–Kier alpha value is -1.96. The highest BCUT2D eigenvalue weighted by molar-refractivity contribution is 5.57. The van der Waals surface area contributed by atoms with E-state index in [1.165, 1.54) is 17.5 Å². The van der Waals surface area contributed by atoms with E-state index in [1.807, 2.05) is 19.1 Å². The summed E-state index contributed by atoms with van der Waals surface area (Å²) in [6, 6.07) is 14.8. The summed E-state index contributed by atoms with van der Waals surface area (Å²) in [7, 11) is 0. The molecule has 0 amide bonds. The molecule has 2 aromatic carbocycles. The van der Waals surface area contributed by atoms with Gasteiger partial charge in [0.05, 0.1) is 0 Å². The van der Waals surface area contributed by atoms with E-state index in [-0.39, 0.29) is 0 Å². The van der Waals surface area contributed by atoms with Gasteiger partial charge in [-0.1, -0.05) is 24.3 Å². The van der Waals surface area contributed by atoms with Crippen molar-refractivity contribution in [3.63, 3.8) is 0 Å². The summed E-state index contributed by atoms with van der Waals surface area (Å²) >= 11 is 0. The maximum absolute atomic E-state index is 5.82. The van der Waals surface area contributed by atoms with Gasteiger partial charge in [0.1, 0.15) is 0 Å². The lowest BCUT2D eigenvalue weighted by atomic mass is 9.77. The molecule has 2 nitrogen and oxygen atoms in total.